The van der Waals surface area contributed by atoms with Crippen LogP contribution in [0.25, 0.3) is 0 Å². The van der Waals surface area contributed by atoms with Crippen LogP contribution in [0.15, 0.2) is 44.7 Å². The zero-order valence-corrected chi connectivity index (χ0v) is 10.3. The highest BCUT2D eigenvalue weighted by atomic mass is 32.2. The van der Waals surface area contributed by atoms with E-state index < -0.39 is 0 Å². The van der Waals surface area contributed by atoms with Crippen molar-refractivity contribution in [3.8, 4) is 0 Å². The summed E-state index contributed by atoms with van der Waals surface area (Å²) in [6, 6.07) is 6.99. The van der Waals surface area contributed by atoms with Crippen molar-refractivity contribution < 1.29 is 9.34 Å². The molecule has 0 unspecified atom stereocenters. The third-order valence-corrected chi connectivity index (χ3v) is 3.54. The number of furan rings is 1. The minimum absolute atomic E-state index is 0.151. The average Bonchev–Trinajstić information content (AvgIpc) is 2.64. The molecule has 0 N–H and O–H groups in total. The van der Waals surface area contributed by atoms with Crippen LogP contribution < -0.4 is 0 Å². The van der Waals surface area contributed by atoms with E-state index in [2.05, 4.69) is 0 Å². The summed E-state index contributed by atoms with van der Waals surface area (Å²) in [5.74, 6) is 0.853. The van der Waals surface area contributed by atoms with E-state index in [-0.39, 0.29) is 10.6 Å². The minimum Gasteiger partial charge on any atom is -0.468 e. The normalized spacial score (nSPS) is 10.5. The maximum Gasteiger partial charge on any atom is 0.272 e. The Morgan fingerprint density at radius 3 is 2.59 bits per heavy atom. The lowest BCUT2D eigenvalue weighted by molar-refractivity contribution is -0.385. The summed E-state index contributed by atoms with van der Waals surface area (Å²) < 4.78 is 5.20. The van der Waals surface area contributed by atoms with E-state index in [0.717, 1.165) is 15.6 Å². The van der Waals surface area contributed by atoms with Gasteiger partial charge in [-0.15, -0.1) is 0 Å². The predicted molar refractivity (Wildman–Crippen MR) is 65.4 cm³/mol. The maximum absolute atomic E-state index is 10.7. The standard InChI is InChI=1S/C12H11NO3S/c1-8-7-10(3-4-11(8)13(14)15)17-12-5-6-16-9(12)2/h3-7H,1-2H3. The molecule has 0 amide bonds. The molecule has 2 aromatic rings. The van der Waals surface area contributed by atoms with E-state index in [1.54, 1.807) is 19.3 Å². The molecule has 0 spiro atoms. The lowest BCUT2D eigenvalue weighted by Crippen LogP contribution is -1.91. The minimum atomic E-state index is -0.368. The van der Waals surface area contributed by atoms with Gasteiger partial charge in [0.2, 0.25) is 0 Å². The summed E-state index contributed by atoms with van der Waals surface area (Å²) in [4.78, 5) is 12.3. The monoisotopic (exact) mass is 249 g/mol. The Hall–Kier alpha value is -1.75. The first kappa shape index (κ1) is 11.7. The number of hydrogen-bond acceptors (Lipinski definition) is 4. The van der Waals surface area contributed by atoms with Crippen molar-refractivity contribution in [2.75, 3.05) is 0 Å². The first-order chi connectivity index (χ1) is 8.08. The zero-order chi connectivity index (χ0) is 12.4. The summed E-state index contributed by atoms with van der Waals surface area (Å²) in [5, 5.41) is 10.7. The number of benzene rings is 1. The third kappa shape index (κ3) is 2.50. The van der Waals surface area contributed by atoms with Gasteiger partial charge in [-0.3, -0.25) is 10.1 Å². The van der Waals surface area contributed by atoms with Gasteiger partial charge in [0.05, 0.1) is 16.1 Å². The number of hydrogen-bond donors (Lipinski definition) is 0. The molecule has 0 atom stereocenters. The number of nitro benzene ring substituents is 1. The van der Waals surface area contributed by atoms with Crippen molar-refractivity contribution in [2.45, 2.75) is 23.6 Å². The van der Waals surface area contributed by atoms with Crippen LogP contribution in [-0.4, -0.2) is 4.92 Å². The average molecular weight is 249 g/mol. The van der Waals surface area contributed by atoms with E-state index in [1.807, 2.05) is 19.1 Å². The summed E-state index contributed by atoms with van der Waals surface area (Å²) in [5.41, 5.74) is 0.819. The summed E-state index contributed by atoms with van der Waals surface area (Å²) in [6.45, 7) is 3.63. The first-order valence-corrected chi connectivity index (χ1v) is 5.86. The summed E-state index contributed by atoms with van der Waals surface area (Å²) in [7, 11) is 0. The van der Waals surface area contributed by atoms with Gasteiger partial charge >= 0.3 is 0 Å². The van der Waals surface area contributed by atoms with Gasteiger partial charge in [-0.05, 0) is 32.0 Å². The van der Waals surface area contributed by atoms with Gasteiger partial charge in [0, 0.05) is 16.5 Å². The topological polar surface area (TPSA) is 56.3 Å². The Balaban J connectivity index is 2.27. The molecule has 1 aromatic carbocycles. The van der Waals surface area contributed by atoms with E-state index in [0.29, 0.717) is 5.56 Å². The van der Waals surface area contributed by atoms with E-state index in [1.165, 1.54) is 17.8 Å². The first-order valence-electron chi connectivity index (χ1n) is 5.05. The highest BCUT2D eigenvalue weighted by molar-refractivity contribution is 7.99. The molecule has 2 rings (SSSR count). The van der Waals surface area contributed by atoms with Crippen LogP contribution in [0, 0.1) is 24.0 Å². The molecule has 4 nitrogen and oxygen atoms in total. The molecule has 0 radical (unpaired) electrons. The van der Waals surface area contributed by atoms with E-state index >= 15 is 0 Å². The van der Waals surface area contributed by atoms with Gasteiger partial charge in [-0.25, -0.2) is 0 Å². The number of nitrogens with zero attached hydrogens (tertiary/aromatic N) is 1. The summed E-state index contributed by atoms with van der Waals surface area (Å²) >= 11 is 1.54. The fourth-order valence-electron chi connectivity index (χ4n) is 1.50. The Morgan fingerprint density at radius 2 is 2.06 bits per heavy atom. The second kappa shape index (κ2) is 4.63. The highest BCUT2D eigenvalue weighted by Gasteiger charge is 2.11. The molecular formula is C12H11NO3S. The Bertz CT molecular complexity index is 563. The van der Waals surface area contributed by atoms with Crippen LogP contribution in [0.1, 0.15) is 11.3 Å². The fraction of sp³-hybridized carbons (Fsp3) is 0.167. The van der Waals surface area contributed by atoms with E-state index in [4.69, 9.17) is 4.42 Å². The molecule has 0 saturated heterocycles. The molecule has 1 aromatic heterocycles. The van der Waals surface area contributed by atoms with Crippen LogP contribution in [0.3, 0.4) is 0 Å². The lowest BCUT2D eigenvalue weighted by atomic mass is 10.2. The van der Waals surface area contributed by atoms with Gasteiger partial charge in [-0.2, -0.15) is 0 Å². The predicted octanol–water partition coefficient (Wildman–Crippen LogP) is 3.96. The molecule has 17 heavy (non-hydrogen) atoms. The molecule has 5 heteroatoms. The van der Waals surface area contributed by atoms with E-state index in [9.17, 15) is 10.1 Å². The molecule has 0 aliphatic rings. The molecular weight excluding hydrogens is 238 g/mol. The van der Waals surface area contributed by atoms with Crippen LogP contribution in [0.2, 0.25) is 0 Å². The van der Waals surface area contributed by atoms with Crippen LogP contribution in [0.4, 0.5) is 5.69 Å². The fourth-order valence-corrected chi connectivity index (χ4v) is 2.44. The smallest absolute Gasteiger partial charge is 0.272 e. The van der Waals surface area contributed by atoms with Gasteiger partial charge in [0.15, 0.2) is 0 Å². The van der Waals surface area contributed by atoms with Crippen LogP contribution in [-0.2, 0) is 0 Å². The van der Waals surface area contributed by atoms with Crippen molar-refractivity contribution in [2.24, 2.45) is 0 Å². The van der Waals surface area contributed by atoms with Crippen molar-refractivity contribution in [1.82, 2.24) is 0 Å². The molecule has 0 aliphatic heterocycles. The van der Waals surface area contributed by atoms with Gasteiger partial charge in [0.1, 0.15) is 5.76 Å². The van der Waals surface area contributed by atoms with Crippen molar-refractivity contribution in [3.05, 3.63) is 52.0 Å². The second-order valence-electron chi connectivity index (χ2n) is 3.65. The van der Waals surface area contributed by atoms with Crippen molar-refractivity contribution in [3.63, 3.8) is 0 Å². The SMILES string of the molecule is Cc1cc(Sc2ccoc2C)ccc1[N+](=O)[O-]. The highest BCUT2D eigenvalue weighted by Crippen LogP contribution is 2.33. The van der Waals surface area contributed by atoms with Crippen molar-refractivity contribution in [1.29, 1.82) is 0 Å². The second-order valence-corrected chi connectivity index (χ2v) is 4.76. The largest absolute Gasteiger partial charge is 0.468 e. The lowest BCUT2D eigenvalue weighted by Gasteiger charge is -2.02. The summed E-state index contributed by atoms with van der Waals surface area (Å²) in [6.07, 6.45) is 1.63. The van der Waals surface area contributed by atoms with Crippen molar-refractivity contribution >= 4 is 17.4 Å². The Morgan fingerprint density at radius 1 is 1.29 bits per heavy atom. The molecule has 1 heterocycles. The molecule has 0 aliphatic carbocycles. The molecule has 88 valence electrons. The third-order valence-electron chi connectivity index (χ3n) is 2.40. The molecule has 0 saturated carbocycles. The Kier molecular flexibility index (Phi) is 3.19. The number of nitro groups is 1. The Labute approximate surface area is 103 Å². The van der Waals surface area contributed by atoms with Gasteiger partial charge < -0.3 is 4.42 Å². The van der Waals surface area contributed by atoms with Gasteiger partial charge in [-0.1, -0.05) is 11.8 Å². The van der Waals surface area contributed by atoms with Crippen LogP contribution >= 0.6 is 11.8 Å². The van der Waals surface area contributed by atoms with Crippen LogP contribution in [0.5, 0.6) is 0 Å². The molecule has 0 fully saturated rings. The maximum atomic E-state index is 10.7. The number of rotatable bonds is 3. The number of aryl methyl sites for hydroxylation is 2. The zero-order valence-electron chi connectivity index (χ0n) is 9.47. The molecule has 0 bridgehead atoms. The quantitative estimate of drug-likeness (QED) is 0.610. The van der Waals surface area contributed by atoms with Gasteiger partial charge in [0.25, 0.3) is 5.69 Å².